The Hall–Kier alpha value is -1.18. The van der Waals surface area contributed by atoms with Crippen molar-refractivity contribution < 1.29 is 4.74 Å². The Balaban J connectivity index is 2.27. The molecule has 0 saturated heterocycles. The highest BCUT2D eigenvalue weighted by Crippen LogP contribution is 2.17. The maximum absolute atomic E-state index is 5.45. The monoisotopic (exact) mass is 221 g/mol. The van der Waals surface area contributed by atoms with Crippen LogP contribution in [-0.2, 0) is 0 Å². The Labute approximate surface area is 99.0 Å². The van der Waals surface area contributed by atoms with E-state index in [0.29, 0.717) is 0 Å². The van der Waals surface area contributed by atoms with Crippen LogP contribution in [0.1, 0.15) is 39.5 Å². The topological polar surface area (TPSA) is 21.3 Å². The molecule has 16 heavy (non-hydrogen) atoms. The Bertz CT molecular complexity index is 286. The minimum Gasteiger partial charge on any atom is -0.494 e. The highest BCUT2D eigenvalue weighted by atomic mass is 16.5. The molecule has 0 saturated carbocycles. The Morgan fingerprint density at radius 1 is 1.12 bits per heavy atom. The zero-order valence-electron chi connectivity index (χ0n) is 10.5. The van der Waals surface area contributed by atoms with Crippen molar-refractivity contribution in [3.8, 4) is 5.75 Å². The summed E-state index contributed by atoms with van der Waals surface area (Å²) in [7, 11) is 0. The molecule has 0 aliphatic heterocycles. The van der Waals surface area contributed by atoms with Crippen LogP contribution in [0.15, 0.2) is 24.3 Å². The van der Waals surface area contributed by atoms with E-state index >= 15 is 0 Å². The summed E-state index contributed by atoms with van der Waals surface area (Å²) in [6, 6.07) is 8.16. The van der Waals surface area contributed by atoms with Crippen molar-refractivity contribution in [3.05, 3.63) is 24.3 Å². The van der Waals surface area contributed by atoms with Gasteiger partial charge in [0.1, 0.15) is 5.75 Å². The maximum atomic E-state index is 5.45. The minimum atomic E-state index is 0.722. The minimum absolute atomic E-state index is 0.722. The predicted octanol–water partition coefficient (Wildman–Crippen LogP) is 4.08. The molecule has 1 aromatic rings. The molecule has 0 amide bonds. The number of hydrogen-bond acceptors (Lipinski definition) is 2. The molecule has 0 bridgehead atoms. The van der Waals surface area contributed by atoms with Crippen molar-refractivity contribution in [3.63, 3.8) is 0 Å². The van der Waals surface area contributed by atoms with E-state index in [0.717, 1.165) is 24.6 Å². The van der Waals surface area contributed by atoms with Crippen molar-refractivity contribution in [1.29, 1.82) is 0 Å². The third kappa shape index (κ3) is 5.06. The van der Waals surface area contributed by atoms with Gasteiger partial charge in [-0.1, -0.05) is 32.3 Å². The fraction of sp³-hybridized carbons (Fsp3) is 0.571. The van der Waals surface area contributed by atoms with Crippen LogP contribution in [0.3, 0.4) is 0 Å². The first-order valence-corrected chi connectivity index (χ1v) is 6.33. The number of benzene rings is 1. The fourth-order valence-electron chi connectivity index (χ4n) is 1.65. The van der Waals surface area contributed by atoms with E-state index in [9.17, 15) is 0 Å². The molecule has 0 heterocycles. The van der Waals surface area contributed by atoms with Crippen molar-refractivity contribution in [1.82, 2.24) is 0 Å². The molecule has 0 fully saturated rings. The second kappa shape index (κ2) is 8.03. The van der Waals surface area contributed by atoms with Crippen LogP contribution in [0.25, 0.3) is 0 Å². The van der Waals surface area contributed by atoms with E-state index in [-0.39, 0.29) is 0 Å². The predicted molar refractivity (Wildman–Crippen MR) is 70.2 cm³/mol. The van der Waals surface area contributed by atoms with Gasteiger partial charge in [0.25, 0.3) is 0 Å². The molecule has 0 aliphatic carbocycles. The second-order valence-corrected chi connectivity index (χ2v) is 3.95. The van der Waals surface area contributed by atoms with Crippen molar-refractivity contribution in [2.75, 3.05) is 18.5 Å². The number of rotatable bonds is 8. The smallest absolute Gasteiger partial charge is 0.121 e. The molecule has 0 aromatic heterocycles. The van der Waals surface area contributed by atoms with Crippen molar-refractivity contribution in [2.45, 2.75) is 39.5 Å². The van der Waals surface area contributed by atoms with E-state index in [2.05, 4.69) is 24.4 Å². The molecular formula is C14H23NO. The molecule has 0 aliphatic rings. The highest BCUT2D eigenvalue weighted by molar-refractivity contribution is 5.48. The van der Waals surface area contributed by atoms with Crippen LogP contribution in [-0.4, -0.2) is 13.2 Å². The van der Waals surface area contributed by atoms with E-state index in [1.54, 1.807) is 0 Å². The van der Waals surface area contributed by atoms with Gasteiger partial charge in [-0.25, -0.2) is 0 Å². The number of hydrogen-bond donors (Lipinski definition) is 1. The molecule has 1 rings (SSSR count). The summed E-state index contributed by atoms with van der Waals surface area (Å²) in [6.07, 6.45) is 5.18. The second-order valence-electron chi connectivity index (χ2n) is 3.95. The van der Waals surface area contributed by atoms with Crippen LogP contribution in [0.4, 0.5) is 5.69 Å². The first kappa shape index (κ1) is 12.9. The summed E-state index contributed by atoms with van der Waals surface area (Å²) in [4.78, 5) is 0. The van der Waals surface area contributed by atoms with Gasteiger partial charge >= 0.3 is 0 Å². The third-order valence-corrected chi connectivity index (χ3v) is 2.50. The van der Waals surface area contributed by atoms with Crippen LogP contribution in [0.2, 0.25) is 0 Å². The van der Waals surface area contributed by atoms with Gasteiger partial charge in [-0.2, -0.15) is 0 Å². The summed E-state index contributed by atoms with van der Waals surface area (Å²) < 4.78 is 5.45. The molecule has 0 unspecified atom stereocenters. The molecule has 0 atom stereocenters. The summed E-state index contributed by atoms with van der Waals surface area (Å²) in [6.45, 7) is 6.01. The first-order valence-electron chi connectivity index (χ1n) is 6.33. The standard InChI is InChI=1S/C14H23NO/c1-3-5-6-7-11-15-13-9-8-10-14(12-13)16-4-2/h8-10,12,15H,3-7,11H2,1-2H3. The van der Waals surface area contributed by atoms with E-state index in [1.807, 2.05) is 19.1 Å². The van der Waals surface area contributed by atoms with Gasteiger partial charge in [0.05, 0.1) is 6.61 Å². The lowest BCUT2D eigenvalue weighted by atomic mass is 10.2. The molecule has 90 valence electrons. The number of nitrogens with one attached hydrogen (secondary N) is 1. The summed E-state index contributed by atoms with van der Waals surface area (Å²) in [5, 5.41) is 3.42. The molecular weight excluding hydrogens is 198 g/mol. The normalized spacial score (nSPS) is 10.1. The highest BCUT2D eigenvalue weighted by Gasteiger charge is 1.95. The molecule has 1 N–H and O–H groups in total. The average molecular weight is 221 g/mol. The summed E-state index contributed by atoms with van der Waals surface area (Å²) >= 11 is 0. The zero-order chi connectivity index (χ0) is 11.6. The quantitative estimate of drug-likeness (QED) is 0.668. The molecule has 0 radical (unpaired) electrons. The molecule has 0 spiro atoms. The largest absolute Gasteiger partial charge is 0.494 e. The average Bonchev–Trinajstić information content (AvgIpc) is 2.30. The third-order valence-electron chi connectivity index (χ3n) is 2.50. The summed E-state index contributed by atoms with van der Waals surface area (Å²) in [5.74, 6) is 0.945. The van der Waals surface area contributed by atoms with Gasteiger partial charge in [-0.15, -0.1) is 0 Å². The van der Waals surface area contributed by atoms with Gasteiger partial charge in [-0.3, -0.25) is 0 Å². The van der Waals surface area contributed by atoms with Gasteiger partial charge in [0.15, 0.2) is 0 Å². The van der Waals surface area contributed by atoms with Crippen molar-refractivity contribution in [2.24, 2.45) is 0 Å². The van der Waals surface area contributed by atoms with Crippen LogP contribution >= 0.6 is 0 Å². The van der Waals surface area contributed by atoms with E-state index in [4.69, 9.17) is 4.74 Å². The number of anilines is 1. The molecule has 1 aromatic carbocycles. The van der Waals surface area contributed by atoms with Crippen LogP contribution < -0.4 is 10.1 Å². The summed E-state index contributed by atoms with van der Waals surface area (Å²) in [5.41, 5.74) is 1.16. The lowest BCUT2D eigenvalue weighted by molar-refractivity contribution is 0.340. The molecule has 2 heteroatoms. The fourth-order valence-corrected chi connectivity index (χ4v) is 1.65. The number of unbranched alkanes of at least 4 members (excludes halogenated alkanes) is 3. The zero-order valence-corrected chi connectivity index (χ0v) is 10.5. The Kier molecular flexibility index (Phi) is 6.47. The van der Waals surface area contributed by atoms with E-state index in [1.165, 1.54) is 25.7 Å². The lowest BCUT2D eigenvalue weighted by Crippen LogP contribution is -2.01. The van der Waals surface area contributed by atoms with E-state index < -0.39 is 0 Å². The number of ether oxygens (including phenoxy) is 1. The van der Waals surface area contributed by atoms with Crippen LogP contribution in [0, 0.1) is 0 Å². The Morgan fingerprint density at radius 3 is 2.75 bits per heavy atom. The first-order chi connectivity index (χ1) is 7.86. The van der Waals surface area contributed by atoms with Gasteiger partial charge < -0.3 is 10.1 Å². The SMILES string of the molecule is CCCCCCNc1cccc(OCC)c1. The van der Waals surface area contributed by atoms with Gasteiger partial charge in [0, 0.05) is 18.3 Å². The van der Waals surface area contributed by atoms with Crippen molar-refractivity contribution >= 4 is 5.69 Å². The van der Waals surface area contributed by atoms with Crippen LogP contribution in [0.5, 0.6) is 5.75 Å². The van der Waals surface area contributed by atoms with Gasteiger partial charge in [0.2, 0.25) is 0 Å². The Morgan fingerprint density at radius 2 is 2.00 bits per heavy atom. The lowest BCUT2D eigenvalue weighted by Gasteiger charge is -2.08. The maximum Gasteiger partial charge on any atom is 0.121 e. The molecule has 2 nitrogen and oxygen atoms in total. The van der Waals surface area contributed by atoms with Gasteiger partial charge in [-0.05, 0) is 25.5 Å².